The minimum Gasteiger partial charge on any atom is -0.354 e. The molecule has 8 heteroatoms. The van der Waals surface area contributed by atoms with Crippen molar-refractivity contribution in [3.63, 3.8) is 0 Å². The number of carbonyl (C=O) groups is 2. The standard InChI is InChI=1S/C15H21FN2O4S/c1-3-6-17-7-8-18-15(20)10-23(21,22)12-4-5-13(11(2)19)14(16)9-12/h4-5,9,17H,3,6-8,10H2,1-2H3,(H,18,20). The first-order valence-corrected chi connectivity index (χ1v) is 8.93. The fourth-order valence-electron chi connectivity index (χ4n) is 1.87. The molecule has 0 saturated heterocycles. The molecule has 0 radical (unpaired) electrons. The molecule has 0 aliphatic heterocycles. The lowest BCUT2D eigenvalue weighted by atomic mass is 10.1. The van der Waals surface area contributed by atoms with Gasteiger partial charge in [-0.25, -0.2) is 12.8 Å². The molecule has 0 fully saturated rings. The van der Waals surface area contributed by atoms with Crippen LogP contribution in [0.2, 0.25) is 0 Å². The number of ketones is 1. The van der Waals surface area contributed by atoms with Gasteiger partial charge in [-0.1, -0.05) is 6.92 Å². The summed E-state index contributed by atoms with van der Waals surface area (Å²) in [6.45, 7) is 4.87. The van der Waals surface area contributed by atoms with E-state index in [9.17, 15) is 22.4 Å². The molecule has 0 aliphatic rings. The van der Waals surface area contributed by atoms with Gasteiger partial charge < -0.3 is 10.6 Å². The SMILES string of the molecule is CCCNCCNC(=O)CS(=O)(=O)c1ccc(C(C)=O)c(F)c1. The number of halogens is 1. The molecule has 128 valence electrons. The van der Waals surface area contributed by atoms with E-state index in [1.807, 2.05) is 6.92 Å². The average molecular weight is 344 g/mol. The van der Waals surface area contributed by atoms with Gasteiger partial charge >= 0.3 is 0 Å². The highest BCUT2D eigenvalue weighted by molar-refractivity contribution is 7.92. The zero-order valence-electron chi connectivity index (χ0n) is 13.2. The Morgan fingerprint density at radius 3 is 2.43 bits per heavy atom. The van der Waals surface area contributed by atoms with Crippen molar-refractivity contribution in [2.75, 3.05) is 25.4 Å². The summed E-state index contributed by atoms with van der Waals surface area (Å²) in [5.74, 6) is -2.83. The zero-order chi connectivity index (χ0) is 17.5. The van der Waals surface area contributed by atoms with Crippen molar-refractivity contribution in [2.45, 2.75) is 25.2 Å². The second kappa shape index (κ2) is 8.73. The van der Waals surface area contributed by atoms with E-state index in [1.54, 1.807) is 0 Å². The number of Topliss-reactive ketones (excluding diaryl/α,β-unsaturated/α-hetero) is 1. The molecule has 0 bridgehead atoms. The van der Waals surface area contributed by atoms with Gasteiger partial charge in [0.15, 0.2) is 15.6 Å². The molecular formula is C15H21FN2O4S. The molecule has 0 heterocycles. The van der Waals surface area contributed by atoms with Crippen molar-refractivity contribution in [2.24, 2.45) is 0 Å². The van der Waals surface area contributed by atoms with Crippen molar-refractivity contribution in [1.82, 2.24) is 10.6 Å². The molecule has 0 unspecified atom stereocenters. The maximum absolute atomic E-state index is 13.7. The first kappa shape index (κ1) is 19.2. The summed E-state index contributed by atoms with van der Waals surface area (Å²) in [4.78, 5) is 22.5. The lowest BCUT2D eigenvalue weighted by Crippen LogP contribution is -2.35. The third-order valence-electron chi connectivity index (χ3n) is 3.05. The summed E-state index contributed by atoms with van der Waals surface area (Å²) >= 11 is 0. The van der Waals surface area contributed by atoms with Gasteiger partial charge in [-0.05, 0) is 38.1 Å². The second-order valence-corrected chi connectivity index (χ2v) is 7.05. The van der Waals surface area contributed by atoms with Gasteiger partial charge in [-0.2, -0.15) is 0 Å². The normalized spacial score (nSPS) is 11.3. The number of hydrogen-bond acceptors (Lipinski definition) is 5. The fraction of sp³-hybridized carbons (Fsp3) is 0.467. The summed E-state index contributed by atoms with van der Waals surface area (Å²) in [7, 11) is -3.96. The Hall–Kier alpha value is -1.80. The van der Waals surface area contributed by atoms with Crippen LogP contribution in [0.25, 0.3) is 0 Å². The molecule has 0 atom stereocenters. The Bertz CT molecular complexity index is 674. The fourth-order valence-corrected chi connectivity index (χ4v) is 3.05. The van der Waals surface area contributed by atoms with Crippen LogP contribution < -0.4 is 10.6 Å². The van der Waals surface area contributed by atoms with Crippen molar-refractivity contribution >= 4 is 21.5 Å². The van der Waals surface area contributed by atoms with Crippen molar-refractivity contribution in [3.8, 4) is 0 Å². The molecule has 23 heavy (non-hydrogen) atoms. The summed E-state index contributed by atoms with van der Waals surface area (Å²) < 4.78 is 37.9. The predicted molar refractivity (Wildman–Crippen MR) is 84.6 cm³/mol. The van der Waals surface area contributed by atoms with E-state index in [4.69, 9.17) is 0 Å². The van der Waals surface area contributed by atoms with Gasteiger partial charge in [0, 0.05) is 13.1 Å². The van der Waals surface area contributed by atoms with Gasteiger partial charge in [-0.15, -0.1) is 0 Å². The number of nitrogens with one attached hydrogen (secondary N) is 2. The number of benzene rings is 1. The lowest BCUT2D eigenvalue weighted by molar-refractivity contribution is -0.118. The lowest BCUT2D eigenvalue weighted by Gasteiger charge is -2.08. The minimum absolute atomic E-state index is 0.185. The van der Waals surface area contributed by atoms with Crippen molar-refractivity contribution in [3.05, 3.63) is 29.6 Å². The number of rotatable bonds is 9. The highest BCUT2D eigenvalue weighted by Gasteiger charge is 2.21. The Morgan fingerprint density at radius 1 is 1.17 bits per heavy atom. The highest BCUT2D eigenvalue weighted by Crippen LogP contribution is 2.16. The molecule has 1 aromatic carbocycles. The largest absolute Gasteiger partial charge is 0.354 e. The maximum atomic E-state index is 13.7. The van der Waals surface area contributed by atoms with E-state index in [1.165, 1.54) is 6.92 Å². The maximum Gasteiger partial charge on any atom is 0.235 e. The summed E-state index contributed by atoms with van der Waals surface area (Å²) in [6.07, 6.45) is 0.962. The van der Waals surface area contributed by atoms with Gasteiger partial charge in [0.1, 0.15) is 11.6 Å². The molecule has 0 saturated carbocycles. The first-order chi connectivity index (χ1) is 10.8. The smallest absolute Gasteiger partial charge is 0.235 e. The average Bonchev–Trinajstić information content (AvgIpc) is 2.46. The topological polar surface area (TPSA) is 92.3 Å². The summed E-state index contributed by atoms with van der Waals surface area (Å²) in [6, 6.07) is 3.00. The van der Waals surface area contributed by atoms with Crippen LogP contribution in [0.3, 0.4) is 0 Å². The van der Waals surface area contributed by atoms with Gasteiger partial charge in [0.25, 0.3) is 0 Å². The van der Waals surface area contributed by atoms with Crippen LogP contribution in [0.4, 0.5) is 4.39 Å². The quantitative estimate of drug-likeness (QED) is 0.513. The van der Waals surface area contributed by atoms with Crippen LogP contribution in [0.5, 0.6) is 0 Å². The van der Waals surface area contributed by atoms with Crippen LogP contribution in [0, 0.1) is 5.82 Å². The Morgan fingerprint density at radius 2 is 1.87 bits per heavy atom. The van der Waals surface area contributed by atoms with Gasteiger partial charge in [-0.3, -0.25) is 9.59 Å². The molecule has 6 nitrogen and oxygen atoms in total. The molecular weight excluding hydrogens is 323 g/mol. The molecule has 0 aliphatic carbocycles. The van der Waals surface area contributed by atoms with Gasteiger partial charge in [0.2, 0.25) is 5.91 Å². The number of carbonyl (C=O) groups excluding carboxylic acids is 2. The van der Waals surface area contributed by atoms with Crippen LogP contribution in [0.1, 0.15) is 30.6 Å². The molecule has 1 rings (SSSR count). The van der Waals surface area contributed by atoms with Crippen molar-refractivity contribution < 1.29 is 22.4 Å². The Kier molecular flexibility index (Phi) is 7.31. The molecule has 1 amide bonds. The van der Waals surface area contributed by atoms with E-state index in [0.29, 0.717) is 13.1 Å². The van der Waals surface area contributed by atoms with E-state index in [2.05, 4.69) is 10.6 Å². The number of amides is 1. The van der Waals surface area contributed by atoms with E-state index in [0.717, 1.165) is 31.2 Å². The van der Waals surface area contributed by atoms with Crippen molar-refractivity contribution in [1.29, 1.82) is 0 Å². The molecule has 2 N–H and O–H groups in total. The van der Waals surface area contributed by atoms with Crippen LogP contribution in [-0.4, -0.2) is 45.5 Å². The monoisotopic (exact) mass is 344 g/mol. The second-order valence-electron chi connectivity index (χ2n) is 5.06. The zero-order valence-corrected chi connectivity index (χ0v) is 14.0. The third-order valence-corrected chi connectivity index (χ3v) is 4.67. The predicted octanol–water partition coefficient (Wildman–Crippen LogP) is 0.918. The van der Waals surface area contributed by atoms with E-state index < -0.39 is 33.1 Å². The Labute approximate surface area is 135 Å². The van der Waals surface area contributed by atoms with Crippen LogP contribution in [0.15, 0.2) is 23.1 Å². The first-order valence-electron chi connectivity index (χ1n) is 7.28. The van der Waals surface area contributed by atoms with Crippen LogP contribution >= 0.6 is 0 Å². The highest BCUT2D eigenvalue weighted by atomic mass is 32.2. The molecule has 0 spiro atoms. The minimum atomic E-state index is -3.96. The van der Waals surface area contributed by atoms with Crippen LogP contribution in [-0.2, 0) is 14.6 Å². The summed E-state index contributed by atoms with van der Waals surface area (Å²) in [5, 5.41) is 5.55. The molecule has 0 aromatic heterocycles. The Balaban J connectivity index is 2.67. The summed E-state index contributed by atoms with van der Waals surface area (Å²) in [5.41, 5.74) is -0.185. The number of hydrogen-bond donors (Lipinski definition) is 2. The molecule has 1 aromatic rings. The third kappa shape index (κ3) is 6.07. The van der Waals surface area contributed by atoms with E-state index in [-0.39, 0.29) is 10.5 Å². The number of sulfone groups is 1. The van der Waals surface area contributed by atoms with E-state index >= 15 is 0 Å². The van der Waals surface area contributed by atoms with Gasteiger partial charge in [0.05, 0.1) is 10.5 Å².